The molecule has 0 fully saturated rings. The fourth-order valence-electron chi connectivity index (χ4n) is 1.67. The lowest BCUT2D eigenvalue weighted by atomic mass is 10.1. The average molecular weight is 266 g/mol. The van der Waals surface area contributed by atoms with Crippen LogP contribution in [0.25, 0.3) is 0 Å². The molecule has 106 valence electrons. The predicted molar refractivity (Wildman–Crippen MR) is 74.3 cm³/mol. The Hall–Kier alpha value is -1.75. The summed E-state index contributed by atoms with van der Waals surface area (Å²) >= 11 is 0. The maximum Gasteiger partial charge on any atom is 0.317 e. The first-order valence-electron chi connectivity index (χ1n) is 6.24. The van der Waals surface area contributed by atoms with E-state index >= 15 is 0 Å². The number of aryl methyl sites for hydroxylation is 1. The number of amides is 2. The summed E-state index contributed by atoms with van der Waals surface area (Å²) in [6, 6.07) is 5.42. The first kappa shape index (κ1) is 15.3. The molecule has 5 heteroatoms. The van der Waals surface area contributed by atoms with Gasteiger partial charge in [0.15, 0.2) is 0 Å². The maximum atomic E-state index is 11.8. The molecule has 1 aromatic rings. The van der Waals surface area contributed by atoms with E-state index in [-0.39, 0.29) is 18.7 Å². The van der Waals surface area contributed by atoms with Crippen molar-refractivity contribution in [2.45, 2.75) is 26.4 Å². The lowest BCUT2D eigenvalue weighted by Gasteiger charge is -2.23. The Morgan fingerprint density at radius 1 is 1.47 bits per heavy atom. The van der Waals surface area contributed by atoms with Gasteiger partial charge in [-0.15, -0.1) is 0 Å². The largest absolute Gasteiger partial charge is 0.497 e. The minimum atomic E-state index is -0.206. The third-order valence-corrected chi connectivity index (χ3v) is 3.04. The number of carbonyl (C=O) groups is 1. The Balaban J connectivity index is 2.61. The molecule has 1 atom stereocenters. The van der Waals surface area contributed by atoms with E-state index in [4.69, 9.17) is 9.84 Å². The zero-order valence-electron chi connectivity index (χ0n) is 11.9. The number of likely N-dealkylation sites (N-methyl/N-ethyl adjacent to an activating group) is 1. The normalized spacial score (nSPS) is 11.8. The quantitative estimate of drug-likeness (QED) is 0.849. The molecule has 1 rings (SSSR count). The molecule has 2 N–H and O–H groups in total. The van der Waals surface area contributed by atoms with Gasteiger partial charge in [0.05, 0.1) is 19.8 Å². The van der Waals surface area contributed by atoms with E-state index in [0.717, 1.165) is 16.9 Å². The lowest BCUT2D eigenvalue weighted by molar-refractivity contribution is 0.157. The molecule has 0 aliphatic carbocycles. The predicted octanol–water partition coefficient (Wildman–Crippen LogP) is 1.53. The number of methoxy groups -OCH3 is 1. The summed E-state index contributed by atoms with van der Waals surface area (Å²) in [5.74, 6) is 0.779. The molecule has 5 nitrogen and oxygen atoms in total. The van der Waals surface area contributed by atoms with Gasteiger partial charge in [-0.3, -0.25) is 0 Å². The van der Waals surface area contributed by atoms with Crippen molar-refractivity contribution in [3.63, 3.8) is 0 Å². The van der Waals surface area contributed by atoms with Crippen LogP contribution in [0.2, 0.25) is 0 Å². The van der Waals surface area contributed by atoms with Crippen LogP contribution in [0, 0.1) is 6.92 Å². The SMILES string of the molecule is COc1cc(C)cc(CNC(=O)N(C)C(C)CO)c1. The highest BCUT2D eigenvalue weighted by Crippen LogP contribution is 2.16. The van der Waals surface area contributed by atoms with Crippen molar-refractivity contribution in [2.24, 2.45) is 0 Å². The molecular formula is C14H22N2O3. The van der Waals surface area contributed by atoms with Gasteiger partial charge >= 0.3 is 6.03 Å². The molecule has 0 saturated heterocycles. The third kappa shape index (κ3) is 4.44. The number of carbonyl (C=O) groups excluding carboxylic acids is 1. The van der Waals surface area contributed by atoms with Gasteiger partial charge < -0.3 is 20.1 Å². The van der Waals surface area contributed by atoms with E-state index in [0.29, 0.717) is 6.54 Å². The number of hydrogen-bond donors (Lipinski definition) is 2. The summed E-state index contributed by atoms with van der Waals surface area (Å²) in [7, 11) is 3.28. The van der Waals surface area contributed by atoms with Crippen molar-refractivity contribution in [2.75, 3.05) is 20.8 Å². The number of rotatable bonds is 5. The van der Waals surface area contributed by atoms with Gasteiger partial charge in [0, 0.05) is 13.6 Å². The molecule has 0 aliphatic heterocycles. The Labute approximate surface area is 114 Å². The van der Waals surface area contributed by atoms with Crippen LogP contribution in [0.5, 0.6) is 5.75 Å². The summed E-state index contributed by atoms with van der Waals surface area (Å²) in [5, 5.41) is 11.8. The Morgan fingerprint density at radius 3 is 2.74 bits per heavy atom. The Kier molecular flexibility index (Phi) is 5.63. The van der Waals surface area contributed by atoms with E-state index in [9.17, 15) is 4.79 Å². The van der Waals surface area contributed by atoms with Crippen LogP contribution in [-0.2, 0) is 6.54 Å². The van der Waals surface area contributed by atoms with Crippen LogP contribution in [0.15, 0.2) is 18.2 Å². The van der Waals surface area contributed by atoms with Gasteiger partial charge in [-0.2, -0.15) is 0 Å². The smallest absolute Gasteiger partial charge is 0.317 e. The first-order valence-corrected chi connectivity index (χ1v) is 6.24. The number of aliphatic hydroxyl groups excluding tert-OH is 1. The van der Waals surface area contributed by atoms with Gasteiger partial charge in [0.1, 0.15) is 5.75 Å². The summed E-state index contributed by atoms with van der Waals surface area (Å²) in [4.78, 5) is 13.3. The van der Waals surface area contributed by atoms with Crippen LogP contribution in [0.4, 0.5) is 4.79 Å². The third-order valence-electron chi connectivity index (χ3n) is 3.04. The monoisotopic (exact) mass is 266 g/mol. The number of nitrogens with zero attached hydrogens (tertiary/aromatic N) is 1. The van der Waals surface area contributed by atoms with Gasteiger partial charge in [-0.1, -0.05) is 6.07 Å². The molecule has 0 bridgehead atoms. The summed E-state index contributed by atoms with van der Waals surface area (Å²) in [6.07, 6.45) is 0. The van der Waals surface area contributed by atoms with Crippen LogP contribution in [-0.4, -0.2) is 42.8 Å². The molecule has 19 heavy (non-hydrogen) atoms. The fourth-order valence-corrected chi connectivity index (χ4v) is 1.67. The van der Waals surface area contributed by atoms with Crippen molar-refractivity contribution >= 4 is 6.03 Å². The molecule has 1 aromatic carbocycles. The molecule has 1 unspecified atom stereocenters. The summed E-state index contributed by atoms with van der Waals surface area (Å²) in [5.41, 5.74) is 2.07. The molecule has 0 spiro atoms. The molecule has 0 saturated carbocycles. The van der Waals surface area contributed by atoms with E-state index in [1.165, 1.54) is 4.90 Å². The highest BCUT2D eigenvalue weighted by Gasteiger charge is 2.14. The second-order valence-electron chi connectivity index (χ2n) is 4.66. The summed E-state index contributed by atoms with van der Waals surface area (Å²) < 4.78 is 5.19. The molecule has 0 heterocycles. The van der Waals surface area contributed by atoms with Gasteiger partial charge in [0.25, 0.3) is 0 Å². The van der Waals surface area contributed by atoms with Crippen LogP contribution >= 0.6 is 0 Å². The number of benzene rings is 1. The van der Waals surface area contributed by atoms with E-state index in [1.807, 2.05) is 25.1 Å². The minimum absolute atomic E-state index is 0.0534. The Morgan fingerprint density at radius 2 is 2.16 bits per heavy atom. The van der Waals surface area contributed by atoms with Crippen molar-refractivity contribution in [3.8, 4) is 5.75 Å². The van der Waals surface area contributed by atoms with Gasteiger partial charge in [-0.25, -0.2) is 4.79 Å². The first-order chi connectivity index (χ1) is 8.97. The molecule has 0 aliphatic rings. The lowest BCUT2D eigenvalue weighted by Crippen LogP contribution is -2.43. The van der Waals surface area contributed by atoms with Crippen LogP contribution in [0.1, 0.15) is 18.1 Å². The van der Waals surface area contributed by atoms with Gasteiger partial charge in [-0.05, 0) is 37.1 Å². The highest BCUT2D eigenvalue weighted by molar-refractivity contribution is 5.74. The van der Waals surface area contributed by atoms with Crippen molar-refractivity contribution < 1.29 is 14.6 Å². The number of urea groups is 1. The molecule has 0 aromatic heterocycles. The van der Waals surface area contributed by atoms with Crippen LogP contribution < -0.4 is 10.1 Å². The van der Waals surface area contributed by atoms with Crippen molar-refractivity contribution in [3.05, 3.63) is 29.3 Å². The zero-order valence-corrected chi connectivity index (χ0v) is 11.9. The second kappa shape index (κ2) is 6.99. The summed E-state index contributed by atoms with van der Waals surface area (Å²) in [6.45, 7) is 4.14. The topological polar surface area (TPSA) is 61.8 Å². The molecule has 0 radical (unpaired) electrons. The average Bonchev–Trinajstić information content (AvgIpc) is 2.42. The Bertz CT molecular complexity index is 435. The second-order valence-corrected chi connectivity index (χ2v) is 4.66. The molecular weight excluding hydrogens is 244 g/mol. The van der Waals surface area contributed by atoms with Crippen LogP contribution in [0.3, 0.4) is 0 Å². The van der Waals surface area contributed by atoms with E-state index in [1.54, 1.807) is 21.1 Å². The number of hydrogen-bond acceptors (Lipinski definition) is 3. The van der Waals surface area contributed by atoms with Crippen molar-refractivity contribution in [1.82, 2.24) is 10.2 Å². The van der Waals surface area contributed by atoms with Gasteiger partial charge in [0.2, 0.25) is 0 Å². The minimum Gasteiger partial charge on any atom is -0.497 e. The number of nitrogens with one attached hydrogen (secondary N) is 1. The number of aliphatic hydroxyl groups is 1. The maximum absolute atomic E-state index is 11.8. The number of ether oxygens (including phenoxy) is 1. The highest BCUT2D eigenvalue weighted by atomic mass is 16.5. The fraction of sp³-hybridized carbons (Fsp3) is 0.500. The van der Waals surface area contributed by atoms with E-state index in [2.05, 4.69) is 5.32 Å². The zero-order chi connectivity index (χ0) is 14.4. The standard InChI is InChI=1S/C14H22N2O3/c1-10-5-12(7-13(6-10)19-4)8-15-14(18)16(3)11(2)9-17/h5-7,11,17H,8-9H2,1-4H3,(H,15,18). The van der Waals surface area contributed by atoms with Crippen molar-refractivity contribution in [1.29, 1.82) is 0 Å². The van der Waals surface area contributed by atoms with E-state index < -0.39 is 0 Å². The molecule has 2 amide bonds.